The number of Topliss-reactive ketones (excluding diaryl/α,β-unsaturated/α-hetero) is 2. The molecule has 0 aromatic heterocycles. The first-order chi connectivity index (χ1) is 16.6. The SMILES string of the molecule is CC(=O)C(C)(C)C(=O)OC(C)(C)C.CC(=O)CC(=O)OC(C)(C)C.CC(C)(C)OC(=O)C(C)(C)CO.CI. The predicted octanol–water partition coefficient (Wildman–Crippen LogP) is 5.65. The maximum absolute atomic E-state index is 11.5. The van der Waals surface area contributed by atoms with E-state index in [0.717, 1.165) is 0 Å². The molecule has 10 heteroatoms. The number of rotatable bonds is 6. The number of esters is 3. The van der Waals surface area contributed by atoms with Gasteiger partial charge in [0.1, 0.15) is 40.2 Å². The summed E-state index contributed by atoms with van der Waals surface area (Å²) in [5.74, 6) is -1.63. The topological polar surface area (TPSA) is 133 Å². The van der Waals surface area contributed by atoms with Gasteiger partial charge in [-0.15, -0.1) is 0 Å². The summed E-state index contributed by atoms with van der Waals surface area (Å²) in [5.41, 5.74) is -3.35. The molecule has 0 radical (unpaired) electrons. The molecule has 9 nitrogen and oxygen atoms in total. The zero-order valence-corrected chi connectivity index (χ0v) is 28.7. The average molecular weight is 661 g/mol. The van der Waals surface area contributed by atoms with E-state index >= 15 is 0 Å². The lowest BCUT2D eigenvalue weighted by atomic mass is 9.89. The molecular formula is C28H53IO9. The minimum absolute atomic E-state index is 0.128. The summed E-state index contributed by atoms with van der Waals surface area (Å²) < 4.78 is 15.1. The van der Waals surface area contributed by atoms with Crippen LogP contribution in [-0.2, 0) is 38.2 Å². The highest BCUT2D eigenvalue weighted by atomic mass is 127. The van der Waals surface area contributed by atoms with Crippen LogP contribution in [0.15, 0.2) is 0 Å². The highest BCUT2D eigenvalue weighted by Gasteiger charge is 2.36. The minimum Gasteiger partial charge on any atom is -0.460 e. The molecule has 38 heavy (non-hydrogen) atoms. The van der Waals surface area contributed by atoms with Crippen molar-refractivity contribution in [2.75, 3.05) is 11.5 Å². The quantitative estimate of drug-likeness (QED) is 0.126. The third-order valence-electron chi connectivity index (χ3n) is 3.95. The van der Waals surface area contributed by atoms with Crippen LogP contribution in [0.2, 0.25) is 0 Å². The van der Waals surface area contributed by atoms with Crippen LogP contribution in [0.25, 0.3) is 0 Å². The molecular weight excluding hydrogens is 607 g/mol. The summed E-state index contributed by atoms with van der Waals surface area (Å²) in [6.45, 7) is 25.1. The molecule has 0 aromatic rings. The number of carbonyl (C=O) groups excluding carboxylic acids is 5. The molecule has 0 saturated heterocycles. The van der Waals surface area contributed by atoms with Crippen molar-refractivity contribution < 1.29 is 43.3 Å². The first-order valence-electron chi connectivity index (χ1n) is 12.3. The summed E-state index contributed by atoms with van der Waals surface area (Å²) >= 11 is 2.15. The van der Waals surface area contributed by atoms with E-state index in [1.807, 2.05) is 4.93 Å². The number of alkyl halides is 1. The van der Waals surface area contributed by atoms with Crippen LogP contribution < -0.4 is 0 Å². The number of hydrogen-bond donors (Lipinski definition) is 1. The van der Waals surface area contributed by atoms with Crippen molar-refractivity contribution in [2.45, 2.75) is 127 Å². The molecule has 0 atom stereocenters. The van der Waals surface area contributed by atoms with Crippen LogP contribution in [0.4, 0.5) is 0 Å². The van der Waals surface area contributed by atoms with Crippen LogP contribution in [0.3, 0.4) is 0 Å². The molecule has 226 valence electrons. The largest absolute Gasteiger partial charge is 0.460 e. The number of carbonyl (C=O) groups is 5. The van der Waals surface area contributed by atoms with E-state index in [4.69, 9.17) is 19.3 Å². The van der Waals surface area contributed by atoms with Gasteiger partial charge in [-0.2, -0.15) is 0 Å². The van der Waals surface area contributed by atoms with Crippen molar-refractivity contribution in [2.24, 2.45) is 10.8 Å². The van der Waals surface area contributed by atoms with E-state index in [0.29, 0.717) is 0 Å². The zero-order valence-electron chi connectivity index (χ0n) is 26.5. The summed E-state index contributed by atoms with van der Waals surface area (Å²) in [5, 5.41) is 8.86. The lowest BCUT2D eigenvalue weighted by Crippen LogP contribution is -2.38. The van der Waals surface area contributed by atoms with Crippen molar-refractivity contribution in [3.8, 4) is 0 Å². The summed E-state index contributed by atoms with van der Waals surface area (Å²) in [7, 11) is 0. The maximum Gasteiger partial charge on any atom is 0.319 e. The van der Waals surface area contributed by atoms with E-state index in [1.165, 1.54) is 13.8 Å². The lowest BCUT2D eigenvalue weighted by Gasteiger charge is -2.26. The second kappa shape index (κ2) is 17.9. The van der Waals surface area contributed by atoms with Gasteiger partial charge < -0.3 is 19.3 Å². The third kappa shape index (κ3) is 26.1. The Morgan fingerprint density at radius 3 is 1.16 bits per heavy atom. The molecule has 0 aromatic carbocycles. The van der Waals surface area contributed by atoms with Gasteiger partial charge in [-0.1, -0.05) is 22.6 Å². The second-order valence-corrected chi connectivity index (χ2v) is 12.7. The van der Waals surface area contributed by atoms with Crippen LogP contribution in [0.1, 0.15) is 110 Å². The van der Waals surface area contributed by atoms with E-state index in [2.05, 4.69) is 22.6 Å². The molecule has 0 amide bonds. The van der Waals surface area contributed by atoms with Crippen LogP contribution >= 0.6 is 22.6 Å². The smallest absolute Gasteiger partial charge is 0.319 e. The standard InChI is InChI=1S/C10H18O3.C9H18O3.C8H14O3.CH3I/c1-7(11)10(5,6)8(12)13-9(2,3)4;1-8(2,3)12-7(11)9(4,5)6-10;1-6(9)5-7(10)11-8(2,3)4;1-2/h1-6H3;10H,6H2,1-5H3;5H2,1-4H3;1H3. The Labute approximate surface area is 244 Å². The lowest BCUT2D eigenvalue weighted by molar-refractivity contribution is -0.169. The molecule has 0 bridgehead atoms. The Morgan fingerprint density at radius 1 is 0.605 bits per heavy atom. The Hall–Kier alpha value is -1.56. The fraction of sp³-hybridized carbons (Fsp3) is 0.821. The molecule has 0 heterocycles. The number of ketones is 2. The summed E-state index contributed by atoms with van der Waals surface area (Å²) in [4.78, 5) is 57.1. The summed E-state index contributed by atoms with van der Waals surface area (Å²) in [6.07, 6.45) is -0.128. The monoisotopic (exact) mass is 660 g/mol. The zero-order chi connectivity index (χ0) is 31.9. The first kappa shape index (κ1) is 43.5. The van der Waals surface area contributed by atoms with E-state index in [-0.39, 0.29) is 30.6 Å². The first-order valence-corrected chi connectivity index (χ1v) is 14.4. The Balaban J connectivity index is -0.000000221. The molecule has 0 rings (SSSR count). The number of aliphatic hydroxyl groups excluding tert-OH is 1. The molecule has 0 unspecified atom stereocenters. The molecule has 0 aliphatic rings. The molecule has 1 N–H and O–H groups in total. The highest BCUT2D eigenvalue weighted by Crippen LogP contribution is 2.22. The summed E-state index contributed by atoms with van der Waals surface area (Å²) in [6, 6.07) is 0. The van der Waals surface area contributed by atoms with Gasteiger partial charge in [0, 0.05) is 0 Å². The minimum atomic E-state index is -1.03. The average Bonchev–Trinajstić information content (AvgIpc) is 2.65. The Kier molecular flexibility index (Phi) is 20.5. The van der Waals surface area contributed by atoms with Gasteiger partial charge in [0.2, 0.25) is 0 Å². The number of aliphatic hydroxyl groups is 1. The predicted molar refractivity (Wildman–Crippen MR) is 158 cm³/mol. The third-order valence-corrected chi connectivity index (χ3v) is 3.95. The fourth-order valence-corrected chi connectivity index (χ4v) is 1.61. The highest BCUT2D eigenvalue weighted by molar-refractivity contribution is 14.1. The van der Waals surface area contributed by atoms with Crippen molar-refractivity contribution in [1.82, 2.24) is 0 Å². The van der Waals surface area contributed by atoms with Gasteiger partial charge in [0.15, 0.2) is 0 Å². The van der Waals surface area contributed by atoms with Gasteiger partial charge in [-0.3, -0.25) is 24.0 Å². The fourth-order valence-electron chi connectivity index (χ4n) is 1.61. The van der Waals surface area contributed by atoms with Crippen LogP contribution in [-0.4, -0.2) is 62.9 Å². The molecule has 0 saturated carbocycles. The second-order valence-electron chi connectivity index (χ2n) is 12.7. The number of halogens is 1. The van der Waals surface area contributed by atoms with Gasteiger partial charge >= 0.3 is 17.9 Å². The van der Waals surface area contributed by atoms with Crippen molar-refractivity contribution in [1.29, 1.82) is 0 Å². The van der Waals surface area contributed by atoms with Crippen molar-refractivity contribution in [3.05, 3.63) is 0 Å². The van der Waals surface area contributed by atoms with E-state index < -0.39 is 39.6 Å². The normalized spacial score (nSPS) is 11.6. The van der Waals surface area contributed by atoms with Gasteiger partial charge in [0.25, 0.3) is 0 Å². The molecule has 0 aliphatic heterocycles. The van der Waals surface area contributed by atoms with Gasteiger partial charge in [-0.25, -0.2) is 0 Å². The van der Waals surface area contributed by atoms with Crippen molar-refractivity contribution >= 4 is 52.1 Å². The number of ether oxygens (including phenoxy) is 3. The van der Waals surface area contributed by atoms with Gasteiger partial charge in [-0.05, 0) is 109 Å². The molecule has 0 spiro atoms. The van der Waals surface area contributed by atoms with Gasteiger partial charge in [0.05, 0.1) is 12.0 Å². The van der Waals surface area contributed by atoms with Crippen LogP contribution in [0, 0.1) is 10.8 Å². The van der Waals surface area contributed by atoms with E-state index in [1.54, 1.807) is 90.0 Å². The Morgan fingerprint density at radius 2 is 0.921 bits per heavy atom. The van der Waals surface area contributed by atoms with Crippen molar-refractivity contribution in [3.63, 3.8) is 0 Å². The molecule has 0 aliphatic carbocycles. The maximum atomic E-state index is 11.5. The number of hydrogen-bond acceptors (Lipinski definition) is 9. The Bertz CT molecular complexity index is 763. The van der Waals surface area contributed by atoms with Crippen LogP contribution in [0.5, 0.6) is 0 Å². The molecule has 0 fully saturated rings. The van der Waals surface area contributed by atoms with E-state index in [9.17, 15) is 24.0 Å².